The molecule has 1 aromatic rings. The Hall–Kier alpha value is -1.30. The minimum Gasteiger partial charge on any atom is -0.493 e. The highest BCUT2D eigenvalue weighted by Gasteiger charge is 2.24. The van der Waals surface area contributed by atoms with Crippen molar-refractivity contribution in [2.24, 2.45) is 11.3 Å². The summed E-state index contributed by atoms with van der Waals surface area (Å²) >= 11 is 4.28. The molecule has 19 heavy (non-hydrogen) atoms. The molecule has 106 valence electrons. The maximum Gasteiger partial charge on any atom is 0.305 e. The molecule has 0 fully saturated rings. The van der Waals surface area contributed by atoms with E-state index in [4.69, 9.17) is 4.74 Å². The highest BCUT2D eigenvalue weighted by Crippen LogP contribution is 2.28. The number of hydrogen-bond acceptors (Lipinski definition) is 4. The molecule has 1 aromatic carbocycles. The van der Waals surface area contributed by atoms with Gasteiger partial charge in [-0.2, -0.15) is 17.0 Å². The number of rotatable bonds is 5. The normalized spacial score (nSPS) is 13.1. The summed E-state index contributed by atoms with van der Waals surface area (Å²) in [5.74, 6) is 0.257. The van der Waals surface area contributed by atoms with Crippen LogP contribution in [0.25, 0.3) is 0 Å². The molecule has 0 spiro atoms. The number of thiol groups is 1. The lowest BCUT2D eigenvalue weighted by Crippen LogP contribution is -2.28. The number of nitro groups is 1. The average molecular weight is 287 g/mol. The van der Waals surface area contributed by atoms with Gasteiger partial charge in [0, 0.05) is 18.1 Å². The van der Waals surface area contributed by atoms with Crippen LogP contribution in [0.4, 0.5) is 10.1 Å². The quantitative estimate of drug-likeness (QED) is 0.510. The zero-order valence-electron chi connectivity index (χ0n) is 11.2. The summed E-state index contributed by atoms with van der Waals surface area (Å²) in [6, 6.07) is 3.55. The molecule has 6 heteroatoms. The molecular weight excluding hydrogens is 269 g/mol. The minimum atomic E-state index is -0.888. The molecule has 0 heterocycles. The van der Waals surface area contributed by atoms with Crippen molar-refractivity contribution in [3.05, 3.63) is 34.1 Å². The minimum absolute atomic E-state index is 0.0288. The van der Waals surface area contributed by atoms with E-state index < -0.39 is 16.4 Å². The van der Waals surface area contributed by atoms with Crippen LogP contribution in [0.2, 0.25) is 0 Å². The third-order valence-electron chi connectivity index (χ3n) is 3.01. The van der Waals surface area contributed by atoms with Crippen molar-refractivity contribution in [1.29, 1.82) is 0 Å². The van der Waals surface area contributed by atoms with Crippen LogP contribution in [-0.4, -0.2) is 17.3 Å². The second-order valence-corrected chi connectivity index (χ2v) is 5.79. The molecule has 0 saturated carbocycles. The van der Waals surface area contributed by atoms with E-state index in [1.165, 1.54) is 6.07 Å². The fourth-order valence-corrected chi connectivity index (χ4v) is 2.15. The number of ether oxygens (including phenoxy) is 1. The van der Waals surface area contributed by atoms with Gasteiger partial charge in [-0.1, -0.05) is 20.8 Å². The van der Waals surface area contributed by atoms with Crippen LogP contribution >= 0.6 is 12.6 Å². The standard InChI is InChI=1S/C13H18FNO3S/c1-13(2,3)9(8-19)7-18-10-4-5-12(15(16)17)11(14)6-10/h4-6,9,19H,7-8H2,1-3H3. The van der Waals surface area contributed by atoms with Gasteiger partial charge in [0.2, 0.25) is 5.82 Å². The summed E-state index contributed by atoms with van der Waals surface area (Å²) in [6.07, 6.45) is 0. The van der Waals surface area contributed by atoms with E-state index in [0.717, 1.165) is 12.1 Å². The molecule has 0 amide bonds. The Kier molecular flexibility index (Phi) is 5.17. The van der Waals surface area contributed by atoms with E-state index in [0.29, 0.717) is 18.1 Å². The Bertz CT molecular complexity index is 460. The molecule has 0 saturated heterocycles. The van der Waals surface area contributed by atoms with E-state index >= 15 is 0 Å². The highest BCUT2D eigenvalue weighted by molar-refractivity contribution is 7.80. The number of benzene rings is 1. The largest absolute Gasteiger partial charge is 0.493 e. The van der Waals surface area contributed by atoms with Gasteiger partial charge >= 0.3 is 5.69 Å². The predicted molar refractivity (Wildman–Crippen MR) is 75.3 cm³/mol. The van der Waals surface area contributed by atoms with Crippen molar-refractivity contribution in [3.63, 3.8) is 0 Å². The first-order valence-electron chi connectivity index (χ1n) is 5.93. The Morgan fingerprint density at radius 1 is 1.47 bits per heavy atom. The van der Waals surface area contributed by atoms with Crippen molar-refractivity contribution in [1.82, 2.24) is 0 Å². The molecule has 1 atom stereocenters. The lowest BCUT2D eigenvalue weighted by atomic mass is 9.82. The summed E-state index contributed by atoms with van der Waals surface area (Å²) in [6.45, 7) is 6.62. The van der Waals surface area contributed by atoms with Gasteiger partial charge < -0.3 is 4.74 Å². The number of nitro benzene ring substituents is 1. The Morgan fingerprint density at radius 3 is 2.53 bits per heavy atom. The first-order chi connectivity index (χ1) is 8.75. The lowest BCUT2D eigenvalue weighted by Gasteiger charge is -2.29. The molecule has 0 aromatic heterocycles. The summed E-state index contributed by atoms with van der Waals surface area (Å²) < 4.78 is 18.9. The molecule has 0 aliphatic heterocycles. The van der Waals surface area contributed by atoms with E-state index in [-0.39, 0.29) is 11.3 Å². The molecule has 0 N–H and O–H groups in total. The van der Waals surface area contributed by atoms with Gasteiger partial charge in [-0.15, -0.1) is 0 Å². The van der Waals surface area contributed by atoms with Crippen molar-refractivity contribution in [3.8, 4) is 5.75 Å². The topological polar surface area (TPSA) is 52.4 Å². The molecule has 0 aliphatic rings. The lowest BCUT2D eigenvalue weighted by molar-refractivity contribution is -0.387. The summed E-state index contributed by atoms with van der Waals surface area (Å²) in [5.41, 5.74) is -0.518. The summed E-state index contributed by atoms with van der Waals surface area (Å²) in [4.78, 5) is 9.73. The molecular formula is C13H18FNO3S. The second-order valence-electron chi connectivity index (χ2n) is 5.43. The molecule has 1 unspecified atom stereocenters. The molecule has 4 nitrogen and oxygen atoms in total. The van der Waals surface area contributed by atoms with Gasteiger partial charge in [0.15, 0.2) is 0 Å². The first kappa shape index (κ1) is 15.8. The molecule has 0 aliphatic carbocycles. The number of hydrogen-bond donors (Lipinski definition) is 1. The number of halogens is 1. The SMILES string of the molecule is CC(C)(C)C(CS)COc1ccc([N+](=O)[O-])c(F)c1. The Labute approximate surface area is 117 Å². The maximum atomic E-state index is 13.4. The van der Waals surface area contributed by atoms with Gasteiger partial charge in [0.05, 0.1) is 11.5 Å². The Balaban J connectivity index is 2.74. The molecule has 0 radical (unpaired) electrons. The van der Waals surface area contributed by atoms with Gasteiger partial charge in [-0.05, 0) is 17.2 Å². The highest BCUT2D eigenvalue weighted by atomic mass is 32.1. The maximum absolute atomic E-state index is 13.4. The monoisotopic (exact) mass is 287 g/mol. The van der Waals surface area contributed by atoms with Crippen molar-refractivity contribution < 1.29 is 14.1 Å². The van der Waals surface area contributed by atoms with E-state index in [9.17, 15) is 14.5 Å². The van der Waals surface area contributed by atoms with Crippen LogP contribution < -0.4 is 4.74 Å². The summed E-state index contributed by atoms with van der Waals surface area (Å²) in [5, 5.41) is 10.5. The van der Waals surface area contributed by atoms with Crippen LogP contribution in [0.15, 0.2) is 18.2 Å². The van der Waals surface area contributed by atoms with Gasteiger partial charge in [-0.3, -0.25) is 10.1 Å². The van der Waals surface area contributed by atoms with Crippen LogP contribution in [0.1, 0.15) is 20.8 Å². The van der Waals surface area contributed by atoms with E-state index in [1.54, 1.807) is 0 Å². The summed E-state index contributed by atoms with van der Waals surface area (Å²) in [7, 11) is 0. The van der Waals surface area contributed by atoms with Crippen molar-refractivity contribution in [2.45, 2.75) is 20.8 Å². The average Bonchev–Trinajstić information content (AvgIpc) is 2.27. The van der Waals surface area contributed by atoms with Gasteiger partial charge in [0.25, 0.3) is 0 Å². The molecule has 0 bridgehead atoms. The number of nitrogens with zero attached hydrogens (tertiary/aromatic N) is 1. The van der Waals surface area contributed by atoms with Crippen molar-refractivity contribution in [2.75, 3.05) is 12.4 Å². The van der Waals surface area contributed by atoms with E-state index in [2.05, 4.69) is 33.4 Å². The Morgan fingerprint density at radius 2 is 2.11 bits per heavy atom. The van der Waals surface area contributed by atoms with Crippen LogP contribution in [0, 0.1) is 27.3 Å². The fraction of sp³-hybridized carbons (Fsp3) is 0.538. The van der Waals surface area contributed by atoms with Gasteiger partial charge in [0.1, 0.15) is 5.75 Å². The van der Waals surface area contributed by atoms with Crippen molar-refractivity contribution >= 4 is 18.3 Å². The third-order valence-corrected chi connectivity index (χ3v) is 3.45. The zero-order valence-corrected chi connectivity index (χ0v) is 12.1. The van der Waals surface area contributed by atoms with Crippen LogP contribution in [-0.2, 0) is 0 Å². The van der Waals surface area contributed by atoms with Crippen LogP contribution in [0.5, 0.6) is 5.75 Å². The van der Waals surface area contributed by atoms with Crippen LogP contribution in [0.3, 0.4) is 0 Å². The predicted octanol–water partition coefficient (Wildman–Crippen LogP) is 3.70. The zero-order chi connectivity index (χ0) is 14.6. The first-order valence-corrected chi connectivity index (χ1v) is 6.56. The van der Waals surface area contributed by atoms with Gasteiger partial charge in [-0.25, -0.2) is 0 Å². The fourth-order valence-electron chi connectivity index (χ4n) is 1.50. The third kappa shape index (κ3) is 4.38. The molecule has 1 rings (SSSR count). The van der Waals surface area contributed by atoms with E-state index in [1.807, 2.05) is 0 Å². The second kappa shape index (κ2) is 6.23. The smallest absolute Gasteiger partial charge is 0.305 e.